The van der Waals surface area contributed by atoms with E-state index in [0.29, 0.717) is 12.0 Å². The fraction of sp³-hybridized carbons (Fsp3) is 0.889. The first-order valence-electron chi connectivity index (χ1n) is 4.74. The third kappa shape index (κ3) is 2.59. The molecule has 4 heteroatoms. The molecule has 76 valence electrons. The molecule has 0 aromatic rings. The standard InChI is InChI=1S/C9H18BrN3/c1-7(2)5-12-6-11-13(8(3)4)9(12)10/h6-9H,5H2,1-4H3. The fourth-order valence-electron chi connectivity index (χ4n) is 1.32. The number of hydrogen-bond donors (Lipinski definition) is 0. The highest BCUT2D eigenvalue weighted by Crippen LogP contribution is 2.21. The third-order valence-corrected chi connectivity index (χ3v) is 2.88. The van der Waals surface area contributed by atoms with Crippen molar-refractivity contribution in [2.75, 3.05) is 6.54 Å². The lowest BCUT2D eigenvalue weighted by Crippen LogP contribution is -2.39. The lowest BCUT2D eigenvalue weighted by molar-refractivity contribution is 0.164. The minimum absolute atomic E-state index is 0.231. The molecule has 0 saturated heterocycles. The Hall–Kier alpha value is -0.250. The molecule has 0 N–H and O–H groups in total. The van der Waals surface area contributed by atoms with Crippen LogP contribution in [-0.2, 0) is 0 Å². The Kier molecular flexibility index (Phi) is 3.59. The summed E-state index contributed by atoms with van der Waals surface area (Å²) < 4.78 is 0. The van der Waals surface area contributed by atoms with Crippen molar-refractivity contribution in [1.82, 2.24) is 9.91 Å². The van der Waals surface area contributed by atoms with Gasteiger partial charge in [-0.15, -0.1) is 0 Å². The van der Waals surface area contributed by atoms with Crippen molar-refractivity contribution in [1.29, 1.82) is 0 Å². The lowest BCUT2D eigenvalue weighted by atomic mass is 10.2. The molecule has 0 saturated carbocycles. The SMILES string of the molecule is CC(C)CN1C=NN(C(C)C)C1Br. The zero-order chi connectivity index (χ0) is 10.0. The first-order chi connectivity index (χ1) is 6.02. The summed E-state index contributed by atoms with van der Waals surface area (Å²) in [4.78, 5) is 2.21. The van der Waals surface area contributed by atoms with Gasteiger partial charge in [0.1, 0.15) is 6.34 Å². The first-order valence-corrected chi connectivity index (χ1v) is 5.66. The average Bonchev–Trinajstić information content (AvgIpc) is 2.32. The molecule has 0 aromatic carbocycles. The van der Waals surface area contributed by atoms with Crippen LogP contribution in [0.4, 0.5) is 0 Å². The van der Waals surface area contributed by atoms with Gasteiger partial charge in [-0.2, -0.15) is 5.10 Å². The molecule has 1 unspecified atom stereocenters. The van der Waals surface area contributed by atoms with Gasteiger partial charge in [0.2, 0.25) is 0 Å². The Bertz CT molecular complexity index is 191. The van der Waals surface area contributed by atoms with Gasteiger partial charge in [0, 0.05) is 12.6 Å². The Morgan fingerprint density at radius 3 is 2.38 bits per heavy atom. The molecule has 0 bridgehead atoms. The second-order valence-corrected chi connectivity index (χ2v) is 4.92. The minimum atomic E-state index is 0.231. The van der Waals surface area contributed by atoms with Crippen LogP contribution in [0.15, 0.2) is 5.10 Å². The largest absolute Gasteiger partial charge is 0.330 e. The first kappa shape index (κ1) is 10.8. The zero-order valence-corrected chi connectivity index (χ0v) is 10.3. The van der Waals surface area contributed by atoms with E-state index in [2.05, 4.69) is 58.6 Å². The van der Waals surface area contributed by atoms with Crippen LogP contribution in [0, 0.1) is 5.92 Å². The van der Waals surface area contributed by atoms with Gasteiger partial charge in [-0.1, -0.05) is 13.8 Å². The Balaban J connectivity index is 2.51. The van der Waals surface area contributed by atoms with Gasteiger partial charge in [0.05, 0.1) is 0 Å². The molecule has 0 amide bonds. The van der Waals surface area contributed by atoms with Crippen LogP contribution in [0.2, 0.25) is 0 Å². The highest BCUT2D eigenvalue weighted by molar-refractivity contribution is 9.09. The summed E-state index contributed by atoms with van der Waals surface area (Å²) in [7, 11) is 0. The quantitative estimate of drug-likeness (QED) is 0.563. The molecule has 0 radical (unpaired) electrons. The molecule has 1 aliphatic rings. The van der Waals surface area contributed by atoms with E-state index in [1.165, 1.54) is 0 Å². The Morgan fingerprint density at radius 1 is 1.38 bits per heavy atom. The van der Waals surface area contributed by atoms with Crippen molar-refractivity contribution in [3.63, 3.8) is 0 Å². The maximum atomic E-state index is 4.34. The Labute approximate surface area is 88.9 Å². The molecule has 0 aromatic heterocycles. The van der Waals surface area contributed by atoms with Crippen molar-refractivity contribution in [2.45, 2.75) is 38.8 Å². The van der Waals surface area contributed by atoms with Crippen LogP contribution >= 0.6 is 15.9 Å². The van der Waals surface area contributed by atoms with Crippen LogP contribution in [0.3, 0.4) is 0 Å². The molecule has 13 heavy (non-hydrogen) atoms. The molecule has 0 fully saturated rings. The van der Waals surface area contributed by atoms with Crippen LogP contribution in [-0.4, -0.2) is 33.9 Å². The van der Waals surface area contributed by atoms with Gasteiger partial charge in [0.25, 0.3) is 0 Å². The monoisotopic (exact) mass is 247 g/mol. The number of rotatable bonds is 3. The second-order valence-electron chi connectivity index (χ2n) is 4.11. The van der Waals surface area contributed by atoms with E-state index in [9.17, 15) is 0 Å². The van der Waals surface area contributed by atoms with Gasteiger partial charge in [0.15, 0.2) is 5.08 Å². The Morgan fingerprint density at radius 2 is 2.00 bits per heavy atom. The van der Waals surface area contributed by atoms with E-state index in [1.807, 2.05) is 6.34 Å². The molecule has 1 rings (SSSR count). The zero-order valence-electron chi connectivity index (χ0n) is 8.74. The molecule has 0 spiro atoms. The maximum Gasteiger partial charge on any atom is 0.176 e. The van der Waals surface area contributed by atoms with Crippen LogP contribution in [0.1, 0.15) is 27.7 Å². The van der Waals surface area contributed by atoms with Crippen LogP contribution in [0.25, 0.3) is 0 Å². The predicted molar refractivity (Wildman–Crippen MR) is 59.7 cm³/mol. The van der Waals surface area contributed by atoms with Crippen LogP contribution < -0.4 is 0 Å². The highest BCUT2D eigenvalue weighted by Gasteiger charge is 2.26. The summed E-state index contributed by atoms with van der Waals surface area (Å²) in [5.41, 5.74) is 0. The number of nitrogens with zero attached hydrogens (tertiary/aromatic N) is 3. The predicted octanol–water partition coefficient (Wildman–Crippen LogP) is 2.29. The summed E-state index contributed by atoms with van der Waals surface area (Å²) in [6, 6.07) is 0.442. The van der Waals surface area contributed by atoms with Gasteiger partial charge in [-0.05, 0) is 35.7 Å². The number of alkyl halides is 1. The van der Waals surface area contributed by atoms with Gasteiger partial charge >= 0.3 is 0 Å². The lowest BCUT2D eigenvalue weighted by Gasteiger charge is -2.29. The second kappa shape index (κ2) is 4.31. The summed E-state index contributed by atoms with van der Waals surface area (Å²) in [5.74, 6) is 0.665. The molecule has 0 aliphatic carbocycles. The molecular weight excluding hydrogens is 230 g/mol. The van der Waals surface area contributed by atoms with E-state index in [0.717, 1.165) is 6.54 Å². The van der Waals surface area contributed by atoms with E-state index >= 15 is 0 Å². The van der Waals surface area contributed by atoms with Crippen LogP contribution in [0.5, 0.6) is 0 Å². The van der Waals surface area contributed by atoms with Crippen molar-refractivity contribution >= 4 is 22.3 Å². The molecular formula is C9H18BrN3. The summed E-state index contributed by atoms with van der Waals surface area (Å²) in [6.07, 6.45) is 1.92. The average molecular weight is 248 g/mol. The summed E-state index contributed by atoms with van der Waals surface area (Å²) >= 11 is 3.63. The maximum absolute atomic E-state index is 4.34. The van der Waals surface area contributed by atoms with E-state index in [4.69, 9.17) is 0 Å². The smallest absolute Gasteiger partial charge is 0.176 e. The molecule has 1 aliphatic heterocycles. The van der Waals surface area contributed by atoms with Gasteiger partial charge in [-0.3, -0.25) is 5.01 Å². The third-order valence-electron chi connectivity index (χ3n) is 1.93. The van der Waals surface area contributed by atoms with Crippen molar-refractivity contribution in [3.05, 3.63) is 0 Å². The van der Waals surface area contributed by atoms with E-state index in [1.54, 1.807) is 0 Å². The number of hydrazone groups is 1. The van der Waals surface area contributed by atoms with Crippen molar-refractivity contribution in [3.8, 4) is 0 Å². The molecule has 1 heterocycles. The van der Waals surface area contributed by atoms with Gasteiger partial charge in [-0.25, -0.2) is 0 Å². The fourth-order valence-corrected chi connectivity index (χ4v) is 2.17. The number of halogens is 1. The van der Waals surface area contributed by atoms with E-state index < -0.39 is 0 Å². The molecule has 3 nitrogen and oxygen atoms in total. The van der Waals surface area contributed by atoms with Crippen molar-refractivity contribution < 1.29 is 0 Å². The van der Waals surface area contributed by atoms with E-state index in [-0.39, 0.29) is 5.08 Å². The topological polar surface area (TPSA) is 18.8 Å². The molecule has 1 atom stereocenters. The summed E-state index contributed by atoms with van der Waals surface area (Å²) in [6.45, 7) is 9.76. The highest BCUT2D eigenvalue weighted by atomic mass is 79.9. The van der Waals surface area contributed by atoms with Crippen molar-refractivity contribution in [2.24, 2.45) is 11.0 Å². The minimum Gasteiger partial charge on any atom is -0.330 e. The number of hydrogen-bond acceptors (Lipinski definition) is 3. The van der Waals surface area contributed by atoms with Gasteiger partial charge < -0.3 is 4.90 Å². The summed E-state index contributed by atoms with van der Waals surface area (Å²) in [5, 5.41) is 6.63. The normalized spacial score (nSPS) is 22.5.